The standard InChI is InChI=1S/C16H19BrClN3O2S/c1-20(2)8-9-21(12-13-6-4-3-5-7-13)24(22,23)14-10-15(17)16(18)19-11-14/h3-7,10-11H,8-9,12H2,1-2H3. The molecule has 0 fully saturated rings. The van der Waals surface area contributed by atoms with Gasteiger partial charge in [-0.3, -0.25) is 0 Å². The fourth-order valence-corrected chi connectivity index (χ4v) is 4.07. The van der Waals surface area contributed by atoms with Gasteiger partial charge in [-0.2, -0.15) is 4.31 Å². The number of aromatic nitrogens is 1. The highest BCUT2D eigenvalue weighted by atomic mass is 79.9. The molecule has 0 saturated heterocycles. The van der Waals surface area contributed by atoms with Crippen molar-refractivity contribution in [3.8, 4) is 0 Å². The molecule has 0 unspecified atom stereocenters. The second-order valence-electron chi connectivity index (χ2n) is 5.57. The maximum absolute atomic E-state index is 13.0. The first kappa shape index (κ1) is 19.3. The number of pyridine rings is 1. The number of sulfonamides is 1. The van der Waals surface area contributed by atoms with Gasteiger partial charge < -0.3 is 4.90 Å². The van der Waals surface area contributed by atoms with Crippen LogP contribution in [0.5, 0.6) is 0 Å². The predicted molar refractivity (Wildman–Crippen MR) is 99.5 cm³/mol. The Balaban J connectivity index is 2.34. The van der Waals surface area contributed by atoms with Gasteiger partial charge in [-0.05, 0) is 41.7 Å². The number of benzene rings is 1. The summed E-state index contributed by atoms with van der Waals surface area (Å²) in [6.07, 6.45) is 1.29. The van der Waals surface area contributed by atoms with Crippen LogP contribution in [0.4, 0.5) is 0 Å². The first-order chi connectivity index (χ1) is 11.3. The molecule has 0 bridgehead atoms. The van der Waals surface area contributed by atoms with Gasteiger partial charge in [0.05, 0.1) is 4.47 Å². The van der Waals surface area contributed by atoms with Gasteiger partial charge in [0.1, 0.15) is 10.0 Å². The van der Waals surface area contributed by atoms with Gasteiger partial charge in [-0.1, -0.05) is 41.9 Å². The van der Waals surface area contributed by atoms with E-state index in [0.29, 0.717) is 24.1 Å². The number of rotatable bonds is 7. The van der Waals surface area contributed by atoms with Gasteiger partial charge in [0.25, 0.3) is 0 Å². The topological polar surface area (TPSA) is 53.5 Å². The average Bonchev–Trinajstić information content (AvgIpc) is 2.54. The maximum atomic E-state index is 13.0. The van der Waals surface area contributed by atoms with E-state index in [1.165, 1.54) is 16.6 Å². The van der Waals surface area contributed by atoms with Gasteiger partial charge in [0, 0.05) is 25.8 Å². The highest BCUT2D eigenvalue weighted by Gasteiger charge is 2.25. The molecular formula is C16H19BrClN3O2S. The van der Waals surface area contributed by atoms with Crippen molar-refractivity contribution in [2.45, 2.75) is 11.4 Å². The van der Waals surface area contributed by atoms with E-state index in [1.807, 2.05) is 49.3 Å². The molecule has 0 aliphatic rings. The molecule has 1 aromatic carbocycles. The molecule has 5 nitrogen and oxygen atoms in total. The van der Waals surface area contributed by atoms with Crippen LogP contribution in [0.2, 0.25) is 5.15 Å². The molecule has 2 rings (SSSR count). The molecule has 0 spiro atoms. The third kappa shape index (κ3) is 5.00. The molecule has 8 heteroatoms. The molecule has 1 aromatic heterocycles. The highest BCUT2D eigenvalue weighted by Crippen LogP contribution is 2.25. The predicted octanol–water partition coefficient (Wildman–Crippen LogP) is 3.25. The summed E-state index contributed by atoms with van der Waals surface area (Å²) in [5.74, 6) is 0. The Hall–Kier alpha value is -0.990. The van der Waals surface area contributed by atoms with Crippen molar-refractivity contribution in [1.82, 2.24) is 14.2 Å². The Morgan fingerprint density at radius 2 is 1.83 bits per heavy atom. The molecule has 0 aliphatic carbocycles. The quantitative estimate of drug-likeness (QED) is 0.630. The zero-order valence-corrected chi connectivity index (χ0v) is 16.6. The normalized spacial score (nSPS) is 12.1. The van der Waals surface area contributed by atoms with E-state index in [1.54, 1.807) is 0 Å². The van der Waals surface area contributed by atoms with E-state index >= 15 is 0 Å². The Kier molecular flexibility index (Phi) is 6.77. The van der Waals surface area contributed by atoms with E-state index in [2.05, 4.69) is 20.9 Å². The molecule has 0 N–H and O–H groups in total. The monoisotopic (exact) mass is 431 g/mol. The van der Waals surface area contributed by atoms with Gasteiger partial charge in [0.2, 0.25) is 10.0 Å². The number of hydrogen-bond acceptors (Lipinski definition) is 4. The van der Waals surface area contributed by atoms with Crippen LogP contribution in [0.25, 0.3) is 0 Å². The number of likely N-dealkylation sites (N-methyl/N-ethyl adjacent to an activating group) is 1. The minimum Gasteiger partial charge on any atom is -0.308 e. The average molecular weight is 433 g/mol. The Labute approximate surface area is 156 Å². The molecular weight excluding hydrogens is 414 g/mol. The summed E-state index contributed by atoms with van der Waals surface area (Å²) in [7, 11) is 0.142. The summed E-state index contributed by atoms with van der Waals surface area (Å²) in [6, 6.07) is 11.0. The van der Waals surface area contributed by atoms with Crippen LogP contribution in [0.15, 0.2) is 52.0 Å². The van der Waals surface area contributed by atoms with Crippen molar-refractivity contribution in [3.63, 3.8) is 0 Å². The lowest BCUT2D eigenvalue weighted by molar-refractivity contribution is 0.329. The van der Waals surface area contributed by atoms with E-state index < -0.39 is 10.0 Å². The molecule has 2 aromatic rings. The first-order valence-corrected chi connectivity index (χ1v) is 9.91. The minimum absolute atomic E-state index is 0.119. The van der Waals surface area contributed by atoms with Crippen molar-refractivity contribution >= 4 is 37.6 Å². The second-order valence-corrected chi connectivity index (χ2v) is 8.72. The Morgan fingerprint density at radius 1 is 1.17 bits per heavy atom. The first-order valence-electron chi connectivity index (χ1n) is 7.30. The lowest BCUT2D eigenvalue weighted by Gasteiger charge is -2.24. The lowest BCUT2D eigenvalue weighted by Crippen LogP contribution is -2.36. The molecule has 0 amide bonds. The third-order valence-electron chi connectivity index (χ3n) is 3.41. The van der Waals surface area contributed by atoms with Crippen molar-refractivity contribution < 1.29 is 8.42 Å². The number of halogens is 2. The van der Waals surface area contributed by atoms with Crippen LogP contribution in [-0.2, 0) is 16.6 Å². The molecule has 0 saturated carbocycles. The van der Waals surface area contributed by atoms with Crippen LogP contribution < -0.4 is 0 Å². The smallest absolute Gasteiger partial charge is 0.244 e. The summed E-state index contributed by atoms with van der Waals surface area (Å²) in [4.78, 5) is 6.00. The molecule has 0 aliphatic heterocycles. The zero-order chi connectivity index (χ0) is 17.7. The zero-order valence-electron chi connectivity index (χ0n) is 13.5. The molecule has 0 radical (unpaired) electrons. The summed E-state index contributed by atoms with van der Waals surface area (Å²) in [6.45, 7) is 1.30. The second kappa shape index (κ2) is 8.40. The summed E-state index contributed by atoms with van der Waals surface area (Å²) < 4.78 is 27.9. The van der Waals surface area contributed by atoms with Gasteiger partial charge in [-0.25, -0.2) is 13.4 Å². The lowest BCUT2D eigenvalue weighted by atomic mass is 10.2. The van der Waals surface area contributed by atoms with Gasteiger partial charge in [0.15, 0.2) is 0 Å². The SMILES string of the molecule is CN(C)CCN(Cc1ccccc1)S(=O)(=O)c1cnc(Cl)c(Br)c1. The van der Waals surface area contributed by atoms with Crippen molar-refractivity contribution in [3.05, 3.63) is 57.8 Å². The highest BCUT2D eigenvalue weighted by molar-refractivity contribution is 9.10. The molecule has 130 valence electrons. The van der Waals surface area contributed by atoms with E-state index in [0.717, 1.165) is 5.56 Å². The van der Waals surface area contributed by atoms with E-state index in [4.69, 9.17) is 11.6 Å². The van der Waals surface area contributed by atoms with E-state index in [9.17, 15) is 8.42 Å². The molecule has 1 heterocycles. The fourth-order valence-electron chi connectivity index (χ4n) is 2.08. The van der Waals surface area contributed by atoms with Crippen molar-refractivity contribution in [2.75, 3.05) is 27.2 Å². The van der Waals surface area contributed by atoms with Crippen molar-refractivity contribution in [1.29, 1.82) is 0 Å². The van der Waals surface area contributed by atoms with Crippen LogP contribution in [0.1, 0.15) is 5.56 Å². The van der Waals surface area contributed by atoms with Crippen molar-refractivity contribution in [2.24, 2.45) is 0 Å². The largest absolute Gasteiger partial charge is 0.308 e. The number of nitrogens with zero attached hydrogens (tertiary/aromatic N) is 3. The van der Waals surface area contributed by atoms with Crippen LogP contribution in [0.3, 0.4) is 0 Å². The van der Waals surface area contributed by atoms with E-state index in [-0.39, 0.29) is 10.0 Å². The fraction of sp³-hybridized carbons (Fsp3) is 0.312. The summed E-state index contributed by atoms with van der Waals surface area (Å²) >= 11 is 9.10. The van der Waals surface area contributed by atoms with Crippen LogP contribution in [0, 0.1) is 0 Å². The maximum Gasteiger partial charge on any atom is 0.244 e. The van der Waals surface area contributed by atoms with Gasteiger partial charge >= 0.3 is 0 Å². The Morgan fingerprint density at radius 3 is 2.42 bits per heavy atom. The summed E-state index contributed by atoms with van der Waals surface area (Å²) in [5.41, 5.74) is 0.931. The third-order valence-corrected chi connectivity index (χ3v) is 6.35. The van der Waals surface area contributed by atoms with Crippen LogP contribution in [-0.4, -0.2) is 49.8 Å². The number of hydrogen-bond donors (Lipinski definition) is 0. The summed E-state index contributed by atoms with van der Waals surface area (Å²) in [5, 5.41) is 0.233. The van der Waals surface area contributed by atoms with Gasteiger partial charge in [-0.15, -0.1) is 0 Å². The Bertz CT molecular complexity index is 785. The molecule has 24 heavy (non-hydrogen) atoms. The molecule has 0 atom stereocenters. The van der Waals surface area contributed by atoms with Crippen LogP contribution >= 0.6 is 27.5 Å². The minimum atomic E-state index is -3.68.